The third kappa shape index (κ3) is 13.9. The number of unbranched alkanes of at least 4 members (excludes halogenated alkanes) is 9. The number of hydrogen-bond donors (Lipinski definition) is 2. The van der Waals surface area contributed by atoms with Crippen LogP contribution >= 0.6 is 0 Å². The molecule has 0 bridgehead atoms. The molecule has 0 aliphatic heterocycles. The Kier molecular flexibility index (Phi) is 13.9. The van der Waals surface area contributed by atoms with Gasteiger partial charge < -0.3 is 10.4 Å². The quantitative estimate of drug-likeness (QED) is 0.481. The van der Waals surface area contributed by atoms with Crippen LogP contribution in [0.2, 0.25) is 0 Å². The minimum Gasteiger partial charge on any atom is -0.395 e. The minimum atomic E-state index is 0.248. The first-order valence-corrected chi connectivity index (χ1v) is 7.65. The Morgan fingerprint density at radius 1 is 0.824 bits per heavy atom. The average molecular weight is 243 g/mol. The molecule has 2 N–H and O–H groups in total. The van der Waals surface area contributed by atoms with Gasteiger partial charge in [0.2, 0.25) is 0 Å². The van der Waals surface area contributed by atoms with Crippen molar-refractivity contribution in [3.8, 4) is 0 Å². The van der Waals surface area contributed by atoms with E-state index >= 15 is 0 Å². The molecule has 0 radical (unpaired) electrons. The Morgan fingerprint density at radius 2 is 1.29 bits per heavy atom. The summed E-state index contributed by atoms with van der Waals surface area (Å²) in [6.45, 7) is 5.60. The van der Waals surface area contributed by atoms with E-state index in [4.69, 9.17) is 5.11 Å². The second kappa shape index (κ2) is 14.0. The molecule has 0 aromatic heterocycles. The lowest BCUT2D eigenvalue weighted by Crippen LogP contribution is -2.29. The lowest BCUT2D eigenvalue weighted by Gasteiger charge is -2.09. The highest BCUT2D eigenvalue weighted by molar-refractivity contribution is 4.57. The summed E-state index contributed by atoms with van der Waals surface area (Å²) in [7, 11) is 0. The molecule has 0 fully saturated rings. The van der Waals surface area contributed by atoms with Gasteiger partial charge in [-0.3, -0.25) is 0 Å². The van der Waals surface area contributed by atoms with E-state index in [0.717, 1.165) is 6.54 Å². The minimum absolute atomic E-state index is 0.248. The third-order valence-corrected chi connectivity index (χ3v) is 3.30. The summed E-state index contributed by atoms with van der Waals surface area (Å²) >= 11 is 0. The molecule has 0 aromatic carbocycles. The van der Waals surface area contributed by atoms with E-state index in [1.807, 2.05) is 6.92 Å². The first-order chi connectivity index (χ1) is 8.31. The van der Waals surface area contributed by atoms with Crippen LogP contribution < -0.4 is 5.32 Å². The normalized spacial score (nSPS) is 12.9. The molecule has 1 atom stereocenters. The molecule has 0 aliphatic carbocycles. The van der Waals surface area contributed by atoms with Gasteiger partial charge in [-0.05, 0) is 19.9 Å². The van der Waals surface area contributed by atoms with Gasteiger partial charge in [0.25, 0.3) is 0 Å². The summed E-state index contributed by atoms with van der Waals surface area (Å²) in [4.78, 5) is 0. The van der Waals surface area contributed by atoms with Crippen molar-refractivity contribution in [1.82, 2.24) is 5.32 Å². The van der Waals surface area contributed by atoms with Crippen LogP contribution in [0.5, 0.6) is 0 Å². The zero-order valence-corrected chi connectivity index (χ0v) is 12.0. The molecule has 0 saturated heterocycles. The number of aliphatic hydroxyl groups is 1. The van der Waals surface area contributed by atoms with Crippen molar-refractivity contribution in [3.63, 3.8) is 0 Å². The average Bonchev–Trinajstić information content (AvgIpc) is 2.35. The van der Waals surface area contributed by atoms with Gasteiger partial charge in [-0.2, -0.15) is 0 Å². The summed E-state index contributed by atoms with van der Waals surface area (Å²) < 4.78 is 0. The SMILES string of the molecule is CCCCCCCCCCCCN[C@@H](C)CO. The number of nitrogens with one attached hydrogen (secondary N) is 1. The molecule has 17 heavy (non-hydrogen) atoms. The van der Waals surface area contributed by atoms with E-state index in [9.17, 15) is 0 Å². The molecule has 104 valence electrons. The van der Waals surface area contributed by atoms with Crippen LogP contribution in [0.4, 0.5) is 0 Å². The lowest BCUT2D eigenvalue weighted by atomic mass is 10.1. The molecule has 0 heterocycles. The summed E-state index contributed by atoms with van der Waals surface area (Å²) in [6.07, 6.45) is 13.8. The third-order valence-electron chi connectivity index (χ3n) is 3.30. The highest BCUT2D eigenvalue weighted by atomic mass is 16.3. The molecule has 0 unspecified atom stereocenters. The molecular formula is C15H33NO. The zero-order valence-electron chi connectivity index (χ0n) is 12.0. The van der Waals surface area contributed by atoms with Gasteiger partial charge in [-0.25, -0.2) is 0 Å². The smallest absolute Gasteiger partial charge is 0.0581 e. The summed E-state index contributed by atoms with van der Waals surface area (Å²) in [6, 6.07) is 0.258. The highest BCUT2D eigenvalue weighted by Gasteiger charge is 1.97. The van der Waals surface area contributed by atoms with Gasteiger partial charge in [-0.15, -0.1) is 0 Å². The monoisotopic (exact) mass is 243 g/mol. The first kappa shape index (κ1) is 16.9. The fourth-order valence-corrected chi connectivity index (χ4v) is 2.03. The van der Waals surface area contributed by atoms with Gasteiger partial charge >= 0.3 is 0 Å². The fraction of sp³-hybridized carbons (Fsp3) is 1.00. The van der Waals surface area contributed by atoms with E-state index < -0.39 is 0 Å². The van der Waals surface area contributed by atoms with Crippen molar-refractivity contribution in [2.75, 3.05) is 13.2 Å². The lowest BCUT2D eigenvalue weighted by molar-refractivity contribution is 0.251. The van der Waals surface area contributed by atoms with Crippen molar-refractivity contribution in [2.45, 2.75) is 84.1 Å². The largest absolute Gasteiger partial charge is 0.395 e. The zero-order chi connectivity index (χ0) is 12.8. The van der Waals surface area contributed by atoms with E-state index in [0.29, 0.717) is 0 Å². The predicted molar refractivity (Wildman–Crippen MR) is 76.4 cm³/mol. The van der Waals surface area contributed by atoms with Crippen molar-refractivity contribution in [3.05, 3.63) is 0 Å². The Balaban J connectivity index is 2.94. The van der Waals surface area contributed by atoms with Gasteiger partial charge in [-0.1, -0.05) is 64.7 Å². The van der Waals surface area contributed by atoms with Crippen molar-refractivity contribution < 1.29 is 5.11 Å². The molecular weight excluding hydrogens is 210 g/mol. The summed E-state index contributed by atoms with van der Waals surface area (Å²) in [5.74, 6) is 0. The Labute approximate surface area is 108 Å². The molecule has 0 aliphatic rings. The van der Waals surface area contributed by atoms with E-state index in [-0.39, 0.29) is 12.6 Å². The van der Waals surface area contributed by atoms with Crippen molar-refractivity contribution >= 4 is 0 Å². The molecule has 2 heteroatoms. The standard InChI is InChI=1S/C15H33NO/c1-3-4-5-6-7-8-9-10-11-12-13-16-15(2)14-17/h15-17H,3-14H2,1-2H3/t15-/m0/s1. The van der Waals surface area contributed by atoms with Crippen LogP contribution in [0.1, 0.15) is 78.1 Å². The Bertz CT molecular complexity index is 139. The van der Waals surface area contributed by atoms with E-state index in [1.54, 1.807) is 0 Å². The molecule has 0 rings (SSSR count). The van der Waals surface area contributed by atoms with Crippen LogP contribution in [-0.2, 0) is 0 Å². The fourth-order valence-electron chi connectivity index (χ4n) is 2.03. The first-order valence-electron chi connectivity index (χ1n) is 7.65. The van der Waals surface area contributed by atoms with Crippen LogP contribution in [0, 0.1) is 0 Å². The number of hydrogen-bond acceptors (Lipinski definition) is 2. The summed E-state index contributed by atoms with van der Waals surface area (Å²) in [5.41, 5.74) is 0. The van der Waals surface area contributed by atoms with Crippen molar-refractivity contribution in [1.29, 1.82) is 0 Å². The molecule has 2 nitrogen and oxygen atoms in total. The van der Waals surface area contributed by atoms with Crippen LogP contribution in [0.3, 0.4) is 0 Å². The molecule has 0 saturated carbocycles. The van der Waals surface area contributed by atoms with Crippen molar-refractivity contribution in [2.24, 2.45) is 0 Å². The topological polar surface area (TPSA) is 32.3 Å². The maximum atomic E-state index is 8.83. The Hall–Kier alpha value is -0.0800. The molecule has 0 spiro atoms. The number of rotatable bonds is 13. The maximum absolute atomic E-state index is 8.83. The predicted octanol–water partition coefficient (Wildman–Crippen LogP) is 3.88. The second-order valence-corrected chi connectivity index (χ2v) is 5.22. The molecule has 0 aromatic rings. The summed E-state index contributed by atoms with van der Waals surface area (Å²) in [5, 5.41) is 12.1. The van der Waals surface area contributed by atoms with Gasteiger partial charge in [0.1, 0.15) is 0 Å². The highest BCUT2D eigenvalue weighted by Crippen LogP contribution is 2.10. The molecule has 0 amide bonds. The van der Waals surface area contributed by atoms with E-state index in [1.165, 1.54) is 64.2 Å². The van der Waals surface area contributed by atoms with Gasteiger partial charge in [0, 0.05) is 6.04 Å². The van der Waals surface area contributed by atoms with Gasteiger partial charge in [0.05, 0.1) is 6.61 Å². The van der Waals surface area contributed by atoms with E-state index in [2.05, 4.69) is 12.2 Å². The second-order valence-electron chi connectivity index (χ2n) is 5.22. The van der Waals surface area contributed by atoms with Gasteiger partial charge in [0.15, 0.2) is 0 Å². The number of aliphatic hydroxyl groups excluding tert-OH is 1. The maximum Gasteiger partial charge on any atom is 0.0581 e. The van der Waals surface area contributed by atoms with Crippen LogP contribution in [-0.4, -0.2) is 24.3 Å². The van der Waals surface area contributed by atoms with Crippen LogP contribution in [0.25, 0.3) is 0 Å². The Morgan fingerprint density at radius 3 is 1.76 bits per heavy atom. The van der Waals surface area contributed by atoms with Crippen LogP contribution in [0.15, 0.2) is 0 Å².